The van der Waals surface area contributed by atoms with Crippen LogP contribution in [0, 0.1) is 12.3 Å². The SMILES string of the molecule is C#CC1(F)CCNCC1.Cl. The number of rotatable bonds is 0. The van der Waals surface area contributed by atoms with Gasteiger partial charge in [-0.05, 0) is 13.1 Å². The molecule has 1 rings (SSSR count). The van der Waals surface area contributed by atoms with E-state index >= 15 is 0 Å². The molecule has 1 aliphatic heterocycles. The van der Waals surface area contributed by atoms with E-state index < -0.39 is 5.67 Å². The van der Waals surface area contributed by atoms with Gasteiger partial charge in [0.15, 0.2) is 5.67 Å². The molecule has 1 saturated heterocycles. The standard InChI is InChI=1S/C7H10FN.ClH/c1-2-7(8)3-5-9-6-4-7;/h1,9H,3-6H2;1H. The fourth-order valence-electron chi connectivity index (χ4n) is 0.967. The molecule has 0 radical (unpaired) electrons. The second kappa shape index (κ2) is 3.80. The number of hydrogen-bond acceptors (Lipinski definition) is 1. The van der Waals surface area contributed by atoms with Crippen molar-refractivity contribution in [3.05, 3.63) is 0 Å². The maximum atomic E-state index is 13.0. The summed E-state index contributed by atoms with van der Waals surface area (Å²) in [5, 5.41) is 3.04. The monoisotopic (exact) mass is 163 g/mol. The molecule has 0 spiro atoms. The van der Waals surface area contributed by atoms with Crippen molar-refractivity contribution in [1.29, 1.82) is 0 Å². The van der Waals surface area contributed by atoms with E-state index in [9.17, 15) is 4.39 Å². The van der Waals surface area contributed by atoms with Crippen molar-refractivity contribution in [2.24, 2.45) is 0 Å². The molecule has 1 N–H and O–H groups in total. The summed E-state index contributed by atoms with van der Waals surface area (Å²) in [5.41, 5.74) is -1.31. The van der Waals surface area contributed by atoms with Crippen molar-refractivity contribution < 1.29 is 4.39 Å². The smallest absolute Gasteiger partial charge is 0.173 e. The van der Waals surface area contributed by atoms with Crippen molar-refractivity contribution in [1.82, 2.24) is 5.32 Å². The zero-order chi connectivity index (χ0) is 6.74. The van der Waals surface area contributed by atoms with Gasteiger partial charge in [-0.3, -0.25) is 0 Å². The summed E-state index contributed by atoms with van der Waals surface area (Å²) in [6.07, 6.45) is 5.91. The summed E-state index contributed by atoms with van der Waals surface area (Å²) < 4.78 is 13.0. The zero-order valence-electron chi connectivity index (χ0n) is 5.69. The van der Waals surface area contributed by atoms with Gasteiger partial charge in [-0.1, -0.05) is 5.92 Å². The molecule has 0 aliphatic carbocycles. The van der Waals surface area contributed by atoms with Crippen LogP contribution in [0.15, 0.2) is 0 Å². The van der Waals surface area contributed by atoms with Crippen molar-refractivity contribution in [3.63, 3.8) is 0 Å². The van der Waals surface area contributed by atoms with Gasteiger partial charge < -0.3 is 5.32 Å². The normalized spacial score (nSPS) is 22.4. The van der Waals surface area contributed by atoms with Gasteiger partial charge in [0.2, 0.25) is 0 Å². The molecular formula is C7H11ClFN. The average Bonchev–Trinajstić information content (AvgIpc) is 1.90. The quantitative estimate of drug-likeness (QED) is 0.528. The second-order valence-electron chi connectivity index (χ2n) is 2.36. The Hall–Kier alpha value is -0.260. The van der Waals surface area contributed by atoms with Crippen LogP contribution in [0.2, 0.25) is 0 Å². The maximum absolute atomic E-state index is 13.0. The fourth-order valence-corrected chi connectivity index (χ4v) is 0.967. The minimum Gasteiger partial charge on any atom is -0.316 e. The van der Waals surface area contributed by atoms with Gasteiger partial charge >= 0.3 is 0 Å². The third kappa shape index (κ3) is 2.17. The third-order valence-corrected chi connectivity index (χ3v) is 1.65. The minimum atomic E-state index is -1.31. The first kappa shape index (κ1) is 9.74. The van der Waals surface area contributed by atoms with Crippen LogP contribution < -0.4 is 5.32 Å². The Kier molecular flexibility index (Phi) is 3.70. The van der Waals surface area contributed by atoms with Crippen LogP contribution in [0.25, 0.3) is 0 Å². The van der Waals surface area contributed by atoms with Crippen molar-refractivity contribution in [2.45, 2.75) is 18.5 Å². The molecular weight excluding hydrogens is 153 g/mol. The van der Waals surface area contributed by atoms with Crippen molar-refractivity contribution >= 4 is 12.4 Å². The number of nitrogens with one attached hydrogen (secondary N) is 1. The zero-order valence-corrected chi connectivity index (χ0v) is 6.51. The van der Waals surface area contributed by atoms with Gasteiger partial charge in [0.25, 0.3) is 0 Å². The lowest BCUT2D eigenvalue weighted by Gasteiger charge is -2.24. The molecule has 1 aliphatic rings. The van der Waals surface area contributed by atoms with E-state index in [2.05, 4.69) is 11.2 Å². The van der Waals surface area contributed by atoms with E-state index in [0.29, 0.717) is 25.9 Å². The van der Waals surface area contributed by atoms with Crippen molar-refractivity contribution in [3.8, 4) is 12.3 Å². The average molecular weight is 164 g/mol. The van der Waals surface area contributed by atoms with Gasteiger partial charge in [-0.2, -0.15) is 0 Å². The van der Waals surface area contributed by atoms with Gasteiger partial charge in [-0.25, -0.2) is 4.39 Å². The van der Waals surface area contributed by atoms with Gasteiger partial charge in [0.1, 0.15) is 0 Å². The molecule has 3 heteroatoms. The summed E-state index contributed by atoms with van der Waals surface area (Å²) >= 11 is 0. The molecule has 0 aromatic rings. The van der Waals surface area contributed by atoms with Crippen molar-refractivity contribution in [2.75, 3.05) is 13.1 Å². The summed E-state index contributed by atoms with van der Waals surface area (Å²) in [6.45, 7) is 1.42. The number of piperidine rings is 1. The van der Waals surface area contributed by atoms with E-state index in [4.69, 9.17) is 6.42 Å². The van der Waals surface area contributed by atoms with Gasteiger partial charge in [0, 0.05) is 12.8 Å². The highest BCUT2D eigenvalue weighted by molar-refractivity contribution is 5.85. The number of terminal acetylenes is 1. The van der Waals surface area contributed by atoms with E-state index in [1.54, 1.807) is 0 Å². The molecule has 1 heterocycles. The molecule has 0 atom stereocenters. The van der Waals surface area contributed by atoms with Gasteiger partial charge in [0.05, 0.1) is 0 Å². The molecule has 0 aromatic carbocycles. The molecule has 1 nitrogen and oxygen atoms in total. The predicted molar refractivity (Wildman–Crippen MR) is 42.0 cm³/mol. The van der Waals surface area contributed by atoms with Gasteiger partial charge in [-0.15, -0.1) is 18.8 Å². The first-order valence-electron chi connectivity index (χ1n) is 3.14. The lowest BCUT2D eigenvalue weighted by Crippen LogP contribution is -2.37. The molecule has 0 bridgehead atoms. The second-order valence-corrected chi connectivity index (χ2v) is 2.36. The molecule has 10 heavy (non-hydrogen) atoms. The Morgan fingerprint density at radius 3 is 2.20 bits per heavy atom. The van der Waals surface area contributed by atoms with E-state index in [1.165, 1.54) is 0 Å². The maximum Gasteiger partial charge on any atom is 0.173 e. The fraction of sp³-hybridized carbons (Fsp3) is 0.714. The Balaban J connectivity index is 0.000000810. The number of alkyl halides is 1. The minimum absolute atomic E-state index is 0. The molecule has 1 fully saturated rings. The largest absolute Gasteiger partial charge is 0.316 e. The highest BCUT2D eigenvalue weighted by atomic mass is 35.5. The Morgan fingerprint density at radius 1 is 1.40 bits per heavy atom. The Labute approximate surface area is 66.8 Å². The lowest BCUT2D eigenvalue weighted by atomic mass is 9.96. The first-order valence-corrected chi connectivity index (χ1v) is 3.14. The van der Waals surface area contributed by atoms with E-state index in [0.717, 1.165) is 0 Å². The highest BCUT2D eigenvalue weighted by Gasteiger charge is 2.28. The van der Waals surface area contributed by atoms with Crippen LogP contribution in [0.5, 0.6) is 0 Å². The lowest BCUT2D eigenvalue weighted by molar-refractivity contribution is 0.184. The molecule has 0 saturated carbocycles. The highest BCUT2D eigenvalue weighted by Crippen LogP contribution is 2.21. The molecule has 58 valence electrons. The first-order chi connectivity index (χ1) is 4.27. The molecule has 0 aromatic heterocycles. The topological polar surface area (TPSA) is 12.0 Å². The van der Waals surface area contributed by atoms with Crippen LogP contribution >= 0.6 is 12.4 Å². The van der Waals surface area contributed by atoms with Crippen LogP contribution in [0.3, 0.4) is 0 Å². The third-order valence-electron chi connectivity index (χ3n) is 1.65. The van der Waals surface area contributed by atoms with E-state index in [1.807, 2.05) is 0 Å². The van der Waals surface area contributed by atoms with Crippen LogP contribution in [-0.2, 0) is 0 Å². The molecule has 0 amide bonds. The summed E-state index contributed by atoms with van der Waals surface area (Å²) in [4.78, 5) is 0. The van der Waals surface area contributed by atoms with Crippen LogP contribution in [0.1, 0.15) is 12.8 Å². The summed E-state index contributed by atoms with van der Waals surface area (Å²) in [6, 6.07) is 0. The Bertz CT molecular complexity index is 135. The van der Waals surface area contributed by atoms with Crippen LogP contribution in [-0.4, -0.2) is 18.8 Å². The summed E-state index contributed by atoms with van der Waals surface area (Å²) in [5.74, 6) is 2.17. The van der Waals surface area contributed by atoms with E-state index in [-0.39, 0.29) is 12.4 Å². The Morgan fingerprint density at radius 2 is 1.90 bits per heavy atom. The predicted octanol–water partition coefficient (Wildman–Crippen LogP) is 1.13. The summed E-state index contributed by atoms with van der Waals surface area (Å²) in [7, 11) is 0. The number of hydrogen-bond donors (Lipinski definition) is 1. The number of halogens is 2. The van der Waals surface area contributed by atoms with Crippen LogP contribution in [0.4, 0.5) is 4.39 Å². The molecule has 0 unspecified atom stereocenters.